The van der Waals surface area contributed by atoms with Gasteiger partial charge < -0.3 is 4.90 Å². The molecule has 0 N–H and O–H groups in total. The molecule has 2 atom stereocenters. The van der Waals surface area contributed by atoms with Crippen LogP contribution in [-0.4, -0.2) is 23.9 Å². The summed E-state index contributed by atoms with van der Waals surface area (Å²) in [5, 5.41) is 8.81. The van der Waals surface area contributed by atoms with Gasteiger partial charge in [0.1, 0.15) is 12.1 Å². The summed E-state index contributed by atoms with van der Waals surface area (Å²) < 4.78 is 0. The molecular weight excluding hydrogens is 278 g/mol. The normalized spacial score (nSPS) is 22.5. The van der Waals surface area contributed by atoms with Crippen molar-refractivity contribution in [1.29, 1.82) is 5.26 Å². The molecule has 0 bridgehead atoms. The second-order valence-corrected chi connectivity index (χ2v) is 5.30. The Kier molecular flexibility index (Phi) is 2.54. The average molecular weight is 289 g/mol. The van der Waals surface area contributed by atoms with Crippen LogP contribution in [0.1, 0.15) is 5.56 Å². The monoisotopic (exact) mass is 289 g/mol. The van der Waals surface area contributed by atoms with Gasteiger partial charge in [-0.15, -0.1) is 0 Å². The second kappa shape index (κ2) is 4.43. The first-order chi connectivity index (χ1) is 10.7. The third-order valence-electron chi connectivity index (χ3n) is 4.06. The maximum Gasteiger partial charge on any atom is 0.259 e. The van der Waals surface area contributed by atoms with Crippen LogP contribution in [0.5, 0.6) is 0 Å². The van der Waals surface area contributed by atoms with Gasteiger partial charge in [-0.25, -0.2) is 4.90 Å². The zero-order valence-corrected chi connectivity index (χ0v) is 11.5. The van der Waals surface area contributed by atoms with E-state index in [4.69, 9.17) is 5.26 Å². The summed E-state index contributed by atoms with van der Waals surface area (Å²) in [6.07, 6.45) is 0. The number of nitriles is 1. The molecule has 22 heavy (non-hydrogen) atoms. The average Bonchev–Trinajstić information content (AvgIpc) is 3.25. The summed E-state index contributed by atoms with van der Waals surface area (Å²) in [5.41, 5.74) is 1.97. The number of piperazine rings is 1. The van der Waals surface area contributed by atoms with Crippen LogP contribution < -0.4 is 9.80 Å². The summed E-state index contributed by atoms with van der Waals surface area (Å²) >= 11 is 0. The van der Waals surface area contributed by atoms with Crippen LogP contribution in [0.15, 0.2) is 54.6 Å². The molecule has 2 heterocycles. The van der Waals surface area contributed by atoms with E-state index in [9.17, 15) is 9.59 Å². The van der Waals surface area contributed by atoms with E-state index in [1.165, 1.54) is 4.90 Å². The molecule has 0 radical (unpaired) electrons. The minimum absolute atomic E-state index is 0.189. The lowest BCUT2D eigenvalue weighted by Crippen LogP contribution is -2.38. The number of hydrogen-bond donors (Lipinski definition) is 0. The topological polar surface area (TPSA) is 64.2 Å². The highest BCUT2D eigenvalue weighted by molar-refractivity contribution is 6.31. The quantitative estimate of drug-likeness (QED) is 0.623. The molecule has 5 heteroatoms. The highest BCUT2D eigenvalue weighted by atomic mass is 16.2. The fraction of sp³-hybridized carbons (Fsp3) is 0.118. The lowest BCUT2D eigenvalue weighted by molar-refractivity contribution is -0.122. The van der Waals surface area contributed by atoms with E-state index < -0.39 is 12.1 Å². The minimum Gasteiger partial charge on any atom is -0.343 e. The molecule has 2 unspecified atom stereocenters. The van der Waals surface area contributed by atoms with Crippen molar-refractivity contribution < 1.29 is 9.59 Å². The molecule has 4 rings (SSSR count). The van der Waals surface area contributed by atoms with Crippen LogP contribution in [-0.2, 0) is 9.59 Å². The number of fused-ring (bicyclic) bond motifs is 1. The number of carbonyl (C=O) groups is 2. The number of anilines is 2. The van der Waals surface area contributed by atoms with Crippen molar-refractivity contribution in [1.82, 2.24) is 0 Å². The SMILES string of the molecule is N#Cc1ccc(N2C3C(=O)N(c4ccccc4)C(=O)C32)cc1. The van der Waals surface area contributed by atoms with Gasteiger partial charge in [-0.3, -0.25) is 9.59 Å². The van der Waals surface area contributed by atoms with Crippen molar-refractivity contribution in [3.8, 4) is 6.07 Å². The Morgan fingerprint density at radius 1 is 0.818 bits per heavy atom. The van der Waals surface area contributed by atoms with E-state index in [1.807, 2.05) is 12.1 Å². The predicted molar refractivity (Wildman–Crippen MR) is 80.1 cm³/mol. The summed E-state index contributed by atoms with van der Waals surface area (Å²) in [5.74, 6) is -0.379. The van der Waals surface area contributed by atoms with Gasteiger partial charge in [0, 0.05) is 5.69 Å². The van der Waals surface area contributed by atoms with Gasteiger partial charge >= 0.3 is 0 Å². The molecule has 0 saturated carbocycles. The molecule has 2 aromatic rings. The van der Waals surface area contributed by atoms with Crippen molar-refractivity contribution in [2.75, 3.05) is 9.80 Å². The Hall–Kier alpha value is -3.13. The Balaban J connectivity index is 1.61. The second-order valence-electron chi connectivity index (χ2n) is 5.30. The standard InChI is InChI=1S/C17H11N3O2/c18-10-11-6-8-13(9-7-11)19-14-15(19)17(22)20(16(14)21)12-4-2-1-3-5-12/h1-9,14-15H. The van der Waals surface area contributed by atoms with Crippen LogP contribution in [0, 0.1) is 11.3 Å². The lowest BCUT2D eigenvalue weighted by Gasteiger charge is -2.19. The molecule has 2 aliphatic heterocycles. The van der Waals surface area contributed by atoms with E-state index in [1.54, 1.807) is 53.4 Å². The number of carbonyl (C=O) groups excluding carboxylic acids is 2. The Morgan fingerprint density at radius 3 is 1.95 bits per heavy atom. The molecular formula is C17H11N3O2. The van der Waals surface area contributed by atoms with Gasteiger partial charge in [-0.2, -0.15) is 5.26 Å². The highest BCUT2D eigenvalue weighted by Crippen LogP contribution is 2.43. The Morgan fingerprint density at radius 2 is 1.41 bits per heavy atom. The van der Waals surface area contributed by atoms with E-state index in [2.05, 4.69) is 0 Å². The molecule has 2 fully saturated rings. The molecule has 2 amide bonds. The van der Waals surface area contributed by atoms with Crippen LogP contribution in [0.3, 0.4) is 0 Å². The number of nitrogens with zero attached hydrogens (tertiary/aromatic N) is 3. The molecule has 2 aromatic carbocycles. The smallest absolute Gasteiger partial charge is 0.259 e. The molecule has 5 nitrogen and oxygen atoms in total. The molecule has 0 aliphatic carbocycles. The fourth-order valence-electron chi connectivity index (χ4n) is 2.97. The zero-order valence-electron chi connectivity index (χ0n) is 11.5. The third-order valence-corrected chi connectivity index (χ3v) is 4.06. The number of benzene rings is 2. The molecule has 2 saturated heterocycles. The Bertz CT molecular complexity index is 786. The third kappa shape index (κ3) is 1.64. The van der Waals surface area contributed by atoms with Crippen LogP contribution in [0.25, 0.3) is 0 Å². The van der Waals surface area contributed by atoms with Gasteiger partial charge in [0.05, 0.1) is 17.3 Å². The predicted octanol–water partition coefficient (Wildman–Crippen LogP) is 1.69. The summed E-state index contributed by atoms with van der Waals surface area (Å²) in [7, 11) is 0. The maximum absolute atomic E-state index is 12.5. The van der Waals surface area contributed by atoms with Gasteiger partial charge in [-0.1, -0.05) is 18.2 Å². The summed E-state index contributed by atoms with van der Waals surface area (Å²) in [6.45, 7) is 0. The maximum atomic E-state index is 12.5. The van der Waals surface area contributed by atoms with Gasteiger partial charge in [0.2, 0.25) is 0 Å². The fourth-order valence-corrected chi connectivity index (χ4v) is 2.97. The van der Waals surface area contributed by atoms with Crippen molar-refractivity contribution in [2.24, 2.45) is 0 Å². The zero-order chi connectivity index (χ0) is 15.3. The molecule has 0 spiro atoms. The molecule has 0 aromatic heterocycles. The number of amides is 2. The van der Waals surface area contributed by atoms with Gasteiger partial charge in [0.25, 0.3) is 11.8 Å². The lowest BCUT2D eigenvalue weighted by atomic mass is 10.2. The van der Waals surface area contributed by atoms with Crippen LogP contribution >= 0.6 is 0 Å². The van der Waals surface area contributed by atoms with Crippen molar-refractivity contribution in [3.05, 3.63) is 60.2 Å². The van der Waals surface area contributed by atoms with Gasteiger partial charge in [-0.05, 0) is 36.4 Å². The first kappa shape index (κ1) is 12.6. The van der Waals surface area contributed by atoms with E-state index in [-0.39, 0.29) is 11.8 Å². The number of rotatable bonds is 2. The largest absolute Gasteiger partial charge is 0.343 e. The van der Waals surface area contributed by atoms with Crippen molar-refractivity contribution >= 4 is 23.2 Å². The van der Waals surface area contributed by atoms with Gasteiger partial charge in [0.15, 0.2) is 0 Å². The van der Waals surface area contributed by atoms with Crippen LogP contribution in [0.2, 0.25) is 0 Å². The Labute approximate surface area is 127 Å². The number of hydrogen-bond acceptors (Lipinski definition) is 4. The molecule has 106 valence electrons. The van der Waals surface area contributed by atoms with Crippen LogP contribution in [0.4, 0.5) is 11.4 Å². The van der Waals surface area contributed by atoms with E-state index in [0.717, 1.165) is 5.69 Å². The number of para-hydroxylation sites is 1. The highest BCUT2D eigenvalue weighted by Gasteiger charge is 2.66. The minimum atomic E-state index is -0.416. The van der Waals surface area contributed by atoms with E-state index in [0.29, 0.717) is 11.3 Å². The van der Waals surface area contributed by atoms with E-state index >= 15 is 0 Å². The van der Waals surface area contributed by atoms with Crippen molar-refractivity contribution in [2.45, 2.75) is 12.1 Å². The first-order valence-corrected chi connectivity index (χ1v) is 6.94. The summed E-state index contributed by atoms with van der Waals surface area (Å²) in [4.78, 5) is 28.0. The van der Waals surface area contributed by atoms with Crippen molar-refractivity contribution in [3.63, 3.8) is 0 Å². The molecule has 2 aliphatic rings. The first-order valence-electron chi connectivity index (χ1n) is 6.94. The summed E-state index contributed by atoms with van der Waals surface area (Å²) in [6, 6.07) is 17.1. The number of imide groups is 1.